The Hall–Kier alpha value is -1.62. The molecule has 80 valence electrons. The predicted molar refractivity (Wildman–Crippen MR) is 53.1 cm³/mol. The lowest BCUT2D eigenvalue weighted by atomic mass is 10.1. The summed E-state index contributed by atoms with van der Waals surface area (Å²) in [5.74, 6) is 0.598. The lowest BCUT2D eigenvalue weighted by molar-refractivity contribution is 0.148. The number of rotatable bonds is 3. The fourth-order valence-corrected chi connectivity index (χ4v) is 1.51. The molecule has 1 atom stereocenters. The van der Waals surface area contributed by atoms with E-state index in [9.17, 15) is 5.11 Å². The van der Waals surface area contributed by atoms with Gasteiger partial charge in [0, 0.05) is 19.7 Å². The van der Waals surface area contributed by atoms with Crippen molar-refractivity contribution in [2.45, 2.75) is 19.4 Å². The Balaban J connectivity index is 2.10. The number of furan rings is 1. The van der Waals surface area contributed by atoms with Crippen molar-refractivity contribution in [2.75, 3.05) is 0 Å². The Bertz CT molecular complexity index is 447. The summed E-state index contributed by atoms with van der Waals surface area (Å²) in [5, 5.41) is 17.6. The van der Waals surface area contributed by atoms with Crippen LogP contribution in [0.2, 0.25) is 0 Å². The van der Waals surface area contributed by atoms with Gasteiger partial charge in [0.05, 0.1) is 12.0 Å². The normalized spacial score (nSPS) is 13.0. The second kappa shape index (κ2) is 3.86. The minimum absolute atomic E-state index is 0.419. The van der Waals surface area contributed by atoms with E-state index in [1.165, 1.54) is 0 Å². The molecule has 0 aliphatic carbocycles. The van der Waals surface area contributed by atoms with Crippen LogP contribution in [0.1, 0.15) is 23.1 Å². The van der Waals surface area contributed by atoms with Crippen LogP contribution in [-0.4, -0.2) is 20.1 Å². The quantitative estimate of drug-likeness (QED) is 0.815. The molecular weight excluding hydrogens is 194 g/mol. The highest BCUT2D eigenvalue weighted by atomic mass is 16.4. The van der Waals surface area contributed by atoms with Gasteiger partial charge in [0.25, 0.3) is 0 Å². The standard InChI is InChI=1S/C10H13N3O2/c1-7-3-4-15-10(7)9(14)5-8-6-13(2)12-11-8/h3-4,6,9,14H,5H2,1-2H3. The molecule has 2 rings (SSSR count). The van der Waals surface area contributed by atoms with Gasteiger partial charge in [-0.15, -0.1) is 5.10 Å². The van der Waals surface area contributed by atoms with Gasteiger partial charge < -0.3 is 9.52 Å². The highest BCUT2D eigenvalue weighted by Crippen LogP contribution is 2.21. The molecule has 2 aromatic rings. The monoisotopic (exact) mass is 207 g/mol. The van der Waals surface area contributed by atoms with Crippen molar-refractivity contribution in [3.63, 3.8) is 0 Å². The average Bonchev–Trinajstić information content (AvgIpc) is 2.75. The molecule has 0 bridgehead atoms. The third kappa shape index (κ3) is 2.07. The second-order valence-corrected chi connectivity index (χ2v) is 3.57. The van der Waals surface area contributed by atoms with E-state index < -0.39 is 6.10 Å². The van der Waals surface area contributed by atoms with Gasteiger partial charge in [0.2, 0.25) is 0 Å². The van der Waals surface area contributed by atoms with E-state index in [0.717, 1.165) is 11.3 Å². The maximum atomic E-state index is 9.88. The molecule has 0 fully saturated rings. The zero-order valence-electron chi connectivity index (χ0n) is 8.71. The van der Waals surface area contributed by atoms with Gasteiger partial charge in [0.1, 0.15) is 11.9 Å². The van der Waals surface area contributed by atoms with Crippen molar-refractivity contribution in [3.8, 4) is 0 Å². The van der Waals surface area contributed by atoms with Crippen LogP contribution < -0.4 is 0 Å². The average molecular weight is 207 g/mol. The van der Waals surface area contributed by atoms with Crippen molar-refractivity contribution >= 4 is 0 Å². The molecule has 5 nitrogen and oxygen atoms in total. The highest BCUT2D eigenvalue weighted by Gasteiger charge is 2.15. The van der Waals surface area contributed by atoms with Gasteiger partial charge in [-0.3, -0.25) is 4.68 Å². The van der Waals surface area contributed by atoms with Crippen LogP contribution in [0.25, 0.3) is 0 Å². The van der Waals surface area contributed by atoms with E-state index in [0.29, 0.717) is 12.2 Å². The predicted octanol–water partition coefficient (Wildman–Crippen LogP) is 0.993. The van der Waals surface area contributed by atoms with Gasteiger partial charge in [-0.2, -0.15) is 0 Å². The Morgan fingerprint density at radius 1 is 1.60 bits per heavy atom. The van der Waals surface area contributed by atoms with Gasteiger partial charge in [-0.25, -0.2) is 0 Å². The molecule has 0 aliphatic heterocycles. The summed E-state index contributed by atoms with van der Waals surface area (Å²) in [4.78, 5) is 0. The molecule has 2 heterocycles. The fourth-order valence-electron chi connectivity index (χ4n) is 1.51. The van der Waals surface area contributed by atoms with E-state index in [1.807, 2.05) is 13.0 Å². The Morgan fingerprint density at radius 2 is 2.40 bits per heavy atom. The summed E-state index contributed by atoms with van der Waals surface area (Å²) in [6.07, 6.45) is 3.12. The largest absolute Gasteiger partial charge is 0.466 e. The van der Waals surface area contributed by atoms with Crippen molar-refractivity contribution in [1.29, 1.82) is 0 Å². The van der Waals surface area contributed by atoms with Crippen LogP contribution in [0.3, 0.4) is 0 Å². The first-order valence-electron chi connectivity index (χ1n) is 4.74. The Kier molecular flexibility index (Phi) is 2.55. The number of nitrogens with zero attached hydrogens (tertiary/aromatic N) is 3. The van der Waals surface area contributed by atoms with Crippen LogP contribution in [0.4, 0.5) is 0 Å². The minimum Gasteiger partial charge on any atom is -0.466 e. The molecule has 1 unspecified atom stereocenters. The topological polar surface area (TPSA) is 64.1 Å². The lowest BCUT2D eigenvalue weighted by Gasteiger charge is -2.05. The van der Waals surface area contributed by atoms with Crippen LogP contribution >= 0.6 is 0 Å². The smallest absolute Gasteiger partial charge is 0.135 e. The van der Waals surface area contributed by atoms with Gasteiger partial charge in [-0.05, 0) is 18.6 Å². The number of aliphatic hydroxyl groups is 1. The SMILES string of the molecule is Cc1ccoc1C(O)Cc1cn(C)nn1. The van der Waals surface area contributed by atoms with E-state index in [2.05, 4.69) is 10.3 Å². The second-order valence-electron chi connectivity index (χ2n) is 3.57. The fraction of sp³-hybridized carbons (Fsp3) is 0.400. The molecule has 15 heavy (non-hydrogen) atoms. The maximum absolute atomic E-state index is 9.88. The van der Waals surface area contributed by atoms with Crippen LogP contribution in [0.5, 0.6) is 0 Å². The van der Waals surface area contributed by atoms with E-state index >= 15 is 0 Å². The summed E-state index contributed by atoms with van der Waals surface area (Å²) in [5.41, 5.74) is 1.70. The maximum Gasteiger partial charge on any atom is 0.135 e. The van der Waals surface area contributed by atoms with Crippen molar-refractivity contribution in [1.82, 2.24) is 15.0 Å². The summed E-state index contributed by atoms with van der Waals surface area (Å²) < 4.78 is 6.81. The molecule has 0 saturated carbocycles. The summed E-state index contributed by atoms with van der Waals surface area (Å²) in [6.45, 7) is 1.90. The summed E-state index contributed by atoms with van der Waals surface area (Å²) in [6, 6.07) is 1.83. The Labute approximate surface area is 87.3 Å². The molecule has 0 radical (unpaired) electrons. The zero-order chi connectivity index (χ0) is 10.8. The number of aliphatic hydroxyl groups excluding tert-OH is 1. The van der Waals surface area contributed by atoms with Gasteiger partial charge in [-0.1, -0.05) is 5.21 Å². The van der Waals surface area contributed by atoms with Crippen LogP contribution in [0, 0.1) is 6.92 Å². The molecule has 2 aromatic heterocycles. The Morgan fingerprint density at radius 3 is 2.93 bits per heavy atom. The van der Waals surface area contributed by atoms with E-state index in [4.69, 9.17) is 4.42 Å². The summed E-state index contributed by atoms with van der Waals surface area (Å²) in [7, 11) is 1.79. The number of hydrogen-bond acceptors (Lipinski definition) is 4. The molecule has 0 aromatic carbocycles. The lowest BCUT2D eigenvalue weighted by Crippen LogP contribution is -2.02. The van der Waals surface area contributed by atoms with Crippen molar-refractivity contribution in [3.05, 3.63) is 35.5 Å². The molecule has 0 aliphatic rings. The highest BCUT2D eigenvalue weighted by molar-refractivity contribution is 5.18. The molecule has 0 spiro atoms. The first-order chi connectivity index (χ1) is 7.16. The zero-order valence-corrected chi connectivity index (χ0v) is 8.71. The molecule has 0 saturated heterocycles. The summed E-state index contributed by atoms with van der Waals surface area (Å²) >= 11 is 0. The van der Waals surface area contributed by atoms with Gasteiger partial charge in [0.15, 0.2) is 0 Å². The van der Waals surface area contributed by atoms with Crippen LogP contribution in [-0.2, 0) is 13.5 Å². The molecule has 0 amide bonds. The van der Waals surface area contributed by atoms with E-state index in [1.54, 1.807) is 24.2 Å². The molecular formula is C10H13N3O2. The van der Waals surface area contributed by atoms with Crippen LogP contribution in [0.15, 0.2) is 22.9 Å². The molecule has 5 heteroatoms. The van der Waals surface area contributed by atoms with Crippen molar-refractivity contribution in [2.24, 2.45) is 7.05 Å². The number of aryl methyl sites for hydroxylation is 2. The van der Waals surface area contributed by atoms with E-state index in [-0.39, 0.29) is 0 Å². The number of hydrogen-bond donors (Lipinski definition) is 1. The third-order valence-corrected chi connectivity index (χ3v) is 2.26. The van der Waals surface area contributed by atoms with Crippen molar-refractivity contribution < 1.29 is 9.52 Å². The minimum atomic E-state index is -0.656. The van der Waals surface area contributed by atoms with Gasteiger partial charge >= 0.3 is 0 Å². The first-order valence-corrected chi connectivity index (χ1v) is 4.74. The first kappa shape index (κ1) is 9.92. The third-order valence-electron chi connectivity index (χ3n) is 2.26. The number of aromatic nitrogens is 3. The molecule has 1 N–H and O–H groups in total.